The number of hydrogen-bond acceptors (Lipinski definition) is 3. The Balaban J connectivity index is 1.75. The molecule has 5 nitrogen and oxygen atoms in total. The van der Waals surface area contributed by atoms with Gasteiger partial charge in [0.1, 0.15) is 5.82 Å². The summed E-state index contributed by atoms with van der Waals surface area (Å²) in [5.41, 5.74) is 1.89. The van der Waals surface area contributed by atoms with Crippen LogP contribution in [0.3, 0.4) is 0 Å². The minimum atomic E-state index is -0.415. The van der Waals surface area contributed by atoms with E-state index < -0.39 is 5.82 Å². The molecule has 0 aliphatic carbocycles. The maximum atomic E-state index is 13.6. The number of halogens is 2. The maximum absolute atomic E-state index is 13.6. The molecule has 7 heteroatoms. The third-order valence-electron chi connectivity index (χ3n) is 2.98. The molecule has 21 heavy (non-hydrogen) atoms. The monoisotopic (exact) mass is 304 g/mol. The Morgan fingerprint density at radius 3 is 3.05 bits per heavy atom. The van der Waals surface area contributed by atoms with Gasteiger partial charge in [0.25, 0.3) is 5.91 Å². The summed E-state index contributed by atoms with van der Waals surface area (Å²) in [6.45, 7) is 0.0479. The van der Waals surface area contributed by atoms with Crippen LogP contribution in [0.1, 0.15) is 15.9 Å². The minimum absolute atomic E-state index is 0.0479. The molecule has 3 aromatic rings. The highest BCUT2D eigenvalue weighted by atomic mass is 35.5. The van der Waals surface area contributed by atoms with Crippen molar-refractivity contribution in [1.82, 2.24) is 20.3 Å². The van der Waals surface area contributed by atoms with E-state index in [1.54, 1.807) is 6.07 Å². The van der Waals surface area contributed by atoms with Crippen LogP contribution in [0.2, 0.25) is 5.02 Å². The first-order valence-electron chi connectivity index (χ1n) is 6.15. The van der Waals surface area contributed by atoms with Crippen molar-refractivity contribution in [3.8, 4) is 0 Å². The molecule has 0 fully saturated rings. The summed E-state index contributed by atoms with van der Waals surface area (Å²) in [6, 6.07) is 5.84. The van der Waals surface area contributed by atoms with Gasteiger partial charge in [0, 0.05) is 23.3 Å². The summed E-state index contributed by atoms with van der Waals surface area (Å²) < 4.78 is 13.6. The molecule has 1 amide bonds. The molecular formula is C14H10ClFN4O. The second kappa shape index (κ2) is 5.49. The van der Waals surface area contributed by atoms with E-state index in [1.807, 2.05) is 0 Å². The molecule has 0 aliphatic heterocycles. The second-order valence-electron chi connectivity index (χ2n) is 4.42. The molecule has 2 heterocycles. The molecule has 0 aliphatic rings. The van der Waals surface area contributed by atoms with E-state index in [0.717, 1.165) is 0 Å². The molecule has 0 spiro atoms. The number of pyridine rings is 1. The lowest BCUT2D eigenvalue weighted by atomic mass is 10.2. The normalized spacial score (nSPS) is 10.8. The van der Waals surface area contributed by atoms with Crippen molar-refractivity contribution in [2.45, 2.75) is 6.54 Å². The number of fused-ring (bicyclic) bond motifs is 1. The molecule has 3 rings (SSSR count). The number of amides is 1. The first-order chi connectivity index (χ1) is 10.1. The van der Waals surface area contributed by atoms with Gasteiger partial charge in [0.05, 0.1) is 17.4 Å². The number of aromatic nitrogens is 3. The second-order valence-corrected chi connectivity index (χ2v) is 4.85. The summed E-state index contributed by atoms with van der Waals surface area (Å²) >= 11 is 5.80. The van der Waals surface area contributed by atoms with Gasteiger partial charge in [0.15, 0.2) is 5.65 Å². The molecule has 0 atom stereocenters. The maximum Gasteiger partial charge on any atom is 0.253 e. The predicted octanol–water partition coefficient (Wildman–Crippen LogP) is 2.68. The topological polar surface area (TPSA) is 70.7 Å². The van der Waals surface area contributed by atoms with Crippen LogP contribution in [0.25, 0.3) is 11.2 Å². The lowest BCUT2D eigenvalue weighted by Gasteiger charge is -2.06. The summed E-state index contributed by atoms with van der Waals surface area (Å²) in [5.74, 6) is -0.764. The van der Waals surface area contributed by atoms with Crippen molar-refractivity contribution < 1.29 is 9.18 Å². The SMILES string of the molecule is O=C(NCc1cc(Cl)ccc1F)c1cnc2nc[nH]c2c1. The van der Waals surface area contributed by atoms with E-state index >= 15 is 0 Å². The number of rotatable bonds is 3. The number of hydrogen-bond donors (Lipinski definition) is 2. The highest BCUT2D eigenvalue weighted by Gasteiger charge is 2.10. The van der Waals surface area contributed by atoms with Gasteiger partial charge in [-0.1, -0.05) is 11.6 Å². The smallest absolute Gasteiger partial charge is 0.253 e. The Labute approximate surface area is 124 Å². The minimum Gasteiger partial charge on any atom is -0.348 e. The van der Waals surface area contributed by atoms with Crippen LogP contribution in [-0.2, 0) is 6.54 Å². The Kier molecular flexibility index (Phi) is 3.53. The number of aromatic amines is 1. The molecule has 0 bridgehead atoms. The van der Waals surface area contributed by atoms with Gasteiger partial charge >= 0.3 is 0 Å². The molecule has 0 saturated carbocycles. The van der Waals surface area contributed by atoms with Crippen LogP contribution in [0.5, 0.6) is 0 Å². The number of nitrogens with zero attached hydrogens (tertiary/aromatic N) is 2. The van der Waals surface area contributed by atoms with Gasteiger partial charge in [-0.25, -0.2) is 14.4 Å². The quantitative estimate of drug-likeness (QED) is 0.781. The van der Waals surface area contributed by atoms with Crippen molar-refractivity contribution in [2.75, 3.05) is 0 Å². The standard InChI is InChI=1S/C14H10ClFN4O/c15-10-1-2-11(16)8(3-10)5-18-14(21)9-4-12-13(17-6-9)20-7-19-12/h1-4,6-7H,5H2,(H,18,21)(H,17,19,20). The van der Waals surface area contributed by atoms with E-state index in [2.05, 4.69) is 20.3 Å². The number of carbonyl (C=O) groups excluding carboxylic acids is 1. The van der Waals surface area contributed by atoms with Gasteiger partial charge in [-0.2, -0.15) is 0 Å². The van der Waals surface area contributed by atoms with Gasteiger partial charge < -0.3 is 10.3 Å². The average molecular weight is 305 g/mol. The van der Waals surface area contributed by atoms with E-state index in [9.17, 15) is 9.18 Å². The third-order valence-corrected chi connectivity index (χ3v) is 3.22. The summed E-state index contributed by atoms with van der Waals surface area (Å²) in [7, 11) is 0. The van der Waals surface area contributed by atoms with Gasteiger partial charge in [0.2, 0.25) is 0 Å². The highest BCUT2D eigenvalue weighted by Crippen LogP contribution is 2.15. The van der Waals surface area contributed by atoms with Crippen molar-refractivity contribution in [3.63, 3.8) is 0 Å². The van der Waals surface area contributed by atoms with Gasteiger partial charge in [-0.3, -0.25) is 4.79 Å². The summed E-state index contributed by atoms with van der Waals surface area (Å²) in [4.78, 5) is 22.9. The first kappa shape index (κ1) is 13.5. The van der Waals surface area contributed by atoms with Crippen molar-refractivity contribution in [3.05, 3.63) is 58.8 Å². The zero-order valence-electron chi connectivity index (χ0n) is 10.7. The molecule has 1 aromatic carbocycles. The van der Waals surface area contributed by atoms with Crippen molar-refractivity contribution in [1.29, 1.82) is 0 Å². The molecule has 0 unspecified atom stereocenters. The zero-order chi connectivity index (χ0) is 14.8. The fourth-order valence-electron chi connectivity index (χ4n) is 1.91. The van der Waals surface area contributed by atoms with Crippen LogP contribution < -0.4 is 5.32 Å². The predicted molar refractivity (Wildman–Crippen MR) is 76.5 cm³/mol. The van der Waals surface area contributed by atoms with Crippen LogP contribution in [0.15, 0.2) is 36.8 Å². The number of carbonyl (C=O) groups is 1. The van der Waals surface area contributed by atoms with Gasteiger partial charge in [-0.05, 0) is 24.3 Å². The molecule has 0 saturated heterocycles. The Hall–Kier alpha value is -2.47. The lowest BCUT2D eigenvalue weighted by Crippen LogP contribution is -2.23. The van der Waals surface area contributed by atoms with Gasteiger partial charge in [-0.15, -0.1) is 0 Å². The molecule has 106 valence electrons. The fraction of sp³-hybridized carbons (Fsp3) is 0.0714. The Morgan fingerprint density at radius 1 is 1.33 bits per heavy atom. The Morgan fingerprint density at radius 2 is 2.19 bits per heavy atom. The summed E-state index contributed by atoms with van der Waals surface area (Å²) in [6.07, 6.45) is 2.92. The van der Waals surface area contributed by atoms with E-state index in [0.29, 0.717) is 27.3 Å². The van der Waals surface area contributed by atoms with Crippen LogP contribution in [-0.4, -0.2) is 20.9 Å². The van der Waals surface area contributed by atoms with Crippen LogP contribution in [0, 0.1) is 5.82 Å². The molecule has 0 radical (unpaired) electrons. The van der Waals surface area contributed by atoms with E-state index in [4.69, 9.17) is 11.6 Å². The molecule has 2 aromatic heterocycles. The van der Waals surface area contributed by atoms with E-state index in [1.165, 1.54) is 30.7 Å². The number of benzene rings is 1. The first-order valence-corrected chi connectivity index (χ1v) is 6.52. The molecular weight excluding hydrogens is 295 g/mol. The van der Waals surface area contributed by atoms with E-state index in [-0.39, 0.29) is 12.5 Å². The lowest BCUT2D eigenvalue weighted by molar-refractivity contribution is 0.0950. The van der Waals surface area contributed by atoms with Crippen molar-refractivity contribution in [2.24, 2.45) is 0 Å². The van der Waals surface area contributed by atoms with Crippen LogP contribution in [0.4, 0.5) is 4.39 Å². The number of nitrogens with one attached hydrogen (secondary N) is 2. The number of imidazole rings is 1. The molecule has 2 N–H and O–H groups in total. The Bertz CT molecular complexity index is 818. The highest BCUT2D eigenvalue weighted by molar-refractivity contribution is 6.30. The zero-order valence-corrected chi connectivity index (χ0v) is 11.5. The average Bonchev–Trinajstić information content (AvgIpc) is 2.95. The number of H-pyrrole nitrogens is 1. The summed E-state index contributed by atoms with van der Waals surface area (Å²) in [5, 5.41) is 3.05. The van der Waals surface area contributed by atoms with Crippen LogP contribution >= 0.6 is 11.6 Å². The van der Waals surface area contributed by atoms with Crippen molar-refractivity contribution >= 4 is 28.7 Å². The third kappa shape index (κ3) is 2.85. The fourth-order valence-corrected chi connectivity index (χ4v) is 2.10. The largest absolute Gasteiger partial charge is 0.348 e.